The first kappa shape index (κ1) is 15.4. The van der Waals surface area contributed by atoms with E-state index >= 15 is 0 Å². The Morgan fingerprint density at radius 2 is 1.79 bits per heavy atom. The van der Waals surface area contributed by atoms with Crippen LogP contribution in [0.1, 0.15) is 54.8 Å². The summed E-state index contributed by atoms with van der Waals surface area (Å²) in [5.74, 6) is 4.64. The van der Waals surface area contributed by atoms with Gasteiger partial charge in [-0.25, -0.2) is 4.98 Å². The molecule has 4 fully saturated rings. The third-order valence-electron chi connectivity index (χ3n) is 6.59. The van der Waals surface area contributed by atoms with Crippen molar-refractivity contribution in [3.8, 4) is 0 Å². The van der Waals surface area contributed by atoms with E-state index in [9.17, 15) is 4.79 Å². The summed E-state index contributed by atoms with van der Waals surface area (Å²) in [6, 6.07) is 0. The zero-order chi connectivity index (χ0) is 16.5. The Morgan fingerprint density at radius 1 is 1.17 bits per heavy atom. The number of hydrogen-bond acceptors (Lipinski definition) is 4. The predicted octanol–water partition coefficient (Wildman–Crippen LogP) is 4.80. The van der Waals surface area contributed by atoms with Gasteiger partial charge in [0.2, 0.25) is 0 Å². The van der Waals surface area contributed by atoms with Gasteiger partial charge in [-0.3, -0.25) is 4.79 Å². The Balaban J connectivity index is 1.41. The molecule has 1 N–H and O–H groups in total. The van der Waals surface area contributed by atoms with E-state index in [2.05, 4.69) is 23.7 Å². The molecule has 0 unspecified atom stereocenters. The molecule has 4 bridgehead atoms. The van der Waals surface area contributed by atoms with E-state index in [1.165, 1.54) is 43.4 Å². The number of thiophene rings is 1. The normalized spacial score (nSPS) is 34.3. The van der Waals surface area contributed by atoms with Gasteiger partial charge in [-0.15, -0.1) is 23.1 Å². The molecule has 4 saturated carbocycles. The molecule has 4 aliphatic rings. The lowest BCUT2D eigenvalue weighted by Crippen LogP contribution is -2.48. The Kier molecular flexibility index (Phi) is 3.44. The summed E-state index contributed by atoms with van der Waals surface area (Å²) in [7, 11) is 0. The van der Waals surface area contributed by atoms with Crippen LogP contribution in [0.2, 0.25) is 0 Å². The number of fused-ring (bicyclic) bond motifs is 1. The second kappa shape index (κ2) is 5.34. The number of aromatic nitrogens is 2. The SMILES string of the molecule is Cc1sc2nc(CSC34CC5CC(CC(C5)C3)C4)[nH]c(=O)c2c1C. The number of nitrogens with one attached hydrogen (secondary N) is 1. The molecule has 0 saturated heterocycles. The lowest BCUT2D eigenvalue weighted by Gasteiger charge is -2.56. The van der Waals surface area contributed by atoms with Gasteiger partial charge in [0.25, 0.3) is 5.56 Å². The molecule has 0 aliphatic heterocycles. The van der Waals surface area contributed by atoms with E-state index in [-0.39, 0.29) is 5.56 Å². The Hall–Kier alpha value is -0.810. The van der Waals surface area contributed by atoms with E-state index in [1.807, 2.05) is 6.92 Å². The smallest absolute Gasteiger partial charge is 0.259 e. The van der Waals surface area contributed by atoms with Crippen molar-refractivity contribution in [2.75, 3.05) is 0 Å². The van der Waals surface area contributed by atoms with Gasteiger partial charge < -0.3 is 4.98 Å². The fourth-order valence-corrected chi connectivity index (χ4v) is 8.49. The first-order valence-electron chi connectivity index (χ1n) is 9.14. The highest BCUT2D eigenvalue weighted by molar-refractivity contribution is 7.99. The number of nitrogens with zero attached hydrogens (tertiary/aromatic N) is 1. The number of rotatable bonds is 3. The van der Waals surface area contributed by atoms with Gasteiger partial charge in [-0.05, 0) is 75.7 Å². The quantitative estimate of drug-likeness (QED) is 0.855. The number of H-pyrrole nitrogens is 1. The molecule has 128 valence electrons. The fraction of sp³-hybridized carbons (Fsp3) is 0.684. The van der Waals surface area contributed by atoms with Crippen molar-refractivity contribution in [1.29, 1.82) is 0 Å². The third-order valence-corrected chi connectivity index (χ3v) is 9.22. The topological polar surface area (TPSA) is 45.8 Å². The maximum atomic E-state index is 12.5. The lowest BCUT2D eigenvalue weighted by atomic mass is 9.56. The van der Waals surface area contributed by atoms with Crippen LogP contribution in [0.3, 0.4) is 0 Å². The molecule has 0 radical (unpaired) electrons. The average Bonchev–Trinajstić information content (AvgIpc) is 2.79. The number of aromatic amines is 1. The lowest BCUT2D eigenvalue weighted by molar-refractivity contribution is 0.0383. The molecular weight excluding hydrogens is 336 g/mol. The van der Waals surface area contributed by atoms with Gasteiger partial charge in [0.15, 0.2) is 0 Å². The maximum Gasteiger partial charge on any atom is 0.259 e. The minimum atomic E-state index is 0.0444. The first-order chi connectivity index (χ1) is 11.5. The Bertz CT molecular complexity index is 831. The molecule has 0 amide bonds. The van der Waals surface area contributed by atoms with Crippen molar-refractivity contribution < 1.29 is 0 Å². The fourth-order valence-electron chi connectivity index (χ4n) is 5.80. The van der Waals surface area contributed by atoms with Crippen molar-refractivity contribution in [2.24, 2.45) is 17.8 Å². The summed E-state index contributed by atoms with van der Waals surface area (Å²) in [4.78, 5) is 22.4. The molecule has 3 nitrogen and oxygen atoms in total. The summed E-state index contributed by atoms with van der Waals surface area (Å²) >= 11 is 3.74. The van der Waals surface area contributed by atoms with Crippen molar-refractivity contribution in [3.63, 3.8) is 0 Å². The monoisotopic (exact) mass is 360 g/mol. The zero-order valence-electron chi connectivity index (χ0n) is 14.4. The minimum Gasteiger partial charge on any atom is -0.309 e. The minimum absolute atomic E-state index is 0.0444. The second-order valence-electron chi connectivity index (χ2n) is 8.37. The number of aryl methyl sites for hydroxylation is 2. The van der Waals surface area contributed by atoms with Crippen LogP contribution in [-0.4, -0.2) is 14.7 Å². The molecule has 2 aromatic heterocycles. The molecule has 5 heteroatoms. The van der Waals surface area contributed by atoms with Crippen LogP contribution in [-0.2, 0) is 5.75 Å². The highest BCUT2D eigenvalue weighted by Gasteiger charge is 2.51. The third kappa shape index (κ3) is 2.38. The molecule has 24 heavy (non-hydrogen) atoms. The van der Waals surface area contributed by atoms with E-state index in [4.69, 9.17) is 4.98 Å². The zero-order valence-corrected chi connectivity index (χ0v) is 16.0. The van der Waals surface area contributed by atoms with Gasteiger partial charge in [0.05, 0.1) is 11.1 Å². The Labute approximate surface area is 150 Å². The van der Waals surface area contributed by atoms with Crippen molar-refractivity contribution in [3.05, 3.63) is 26.6 Å². The van der Waals surface area contributed by atoms with Crippen LogP contribution >= 0.6 is 23.1 Å². The van der Waals surface area contributed by atoms with E-state index < -0.39 is 0 Å². The molecule has 0 spiro atoms. The largest absolute Gasteiger partial charge is 0.309 e. The van der Waals surface area contributed by atoms with Gasteiger partial charge >= 0.3 is 0 Å². The van der Waals surface area contributed by atoms with Crippen LogP contribution in [0.15, 0.2) is 4.79 Å². The highest BCUT2D eigenvalue weighted by Crippen LogP contribution is 2.60. The van der Waals surface area contributed by atoms with Gasteiger partial charge in [-0.1, -0.05) is 0 Å². The molecule has 0 aromatic carbocycles. The van der Waals surface area contributed by atoms with Gasteiger partial charge in [0.1, 0.15) is 10.7 Å². The summed E-state index contributed by atoms with van der Waals surface area (Å²) in [6.07, 6.45) is 8.63. The molecule has 2 aromatic rings. The van der Waals surface area contributed by atoms with Crippen LogP contribution in [0.4, 0.5) is 0 Å². The van der Waals surface area contributed by atoms with Crippen LogP contribution in [0.25, 0.3) is 10.2 Å². The van der Waals surface area contributed by atoms with E-state index in [0.717, 1.165) is 45.1 Å². The van der Waals surface area contributed by atoms with E-state index in [1.54, 1.807) is 11.3 Å². The molecular formula is C19H24N2OS2. The van der Waals surface area contributed by atoms with Crippen molar-refractivity contribution in [1.82, 2.24) is 9.97 Å². The molecule has 6 rings (SSSR count). The van der Waals surface area contributed by atoms with Crippen LogP contribution < -0.4 is 5.56 Å². The molecule has 4 aliphatic carbocycles. The predicted molar refractivity (Wildman–Crippen MR) is 102 cm³/mol. The summed E-state index contributed by atoms with van der Waals surface area (Å²) in [5.41, 5.74) is 1.13. The summed E-state index contributed by atoms with van der Waals surface area (Å²) < 4.78 is 0.476. The van der Waals surface area contributed by atoms with Crippen molar-refractivity contribution in [2.45, 2.75) is 62.9 Å². The Morgan fingerprint density at radius 3 is 2.42 bits per heavy atom. The first-order valence-corrected chi connectivity index (χ1v) is 10.9. The average molecular weight is 361 g/mol. The van der Waals surface area contributed by atoms with Crippen LogP contribution in [0.5, 0.6) is 0 Å². The molecule has 0 atom stereocenters. The number of thioether (sulfide) groups is 1. The van der Waals surface area contributed by atoms with Gasteiger partial charge in [-0.2, -0.15) is 0 Å². The molecule has 2 heterocycles. The van der Waals surface area contributed by atoms with Gasteiger partial charge in [0, 0.05) is 9.62 Å². The standard InChI is InChI=1S/C19H24N2OS2/c1-10-11(2)24-18-16(10)17(22)20-15(21-18)9-23-19-6-12-3-13(7-19)5-14(4-12)8-19/h12-14H,3-9H2,1-2H3,(H,20,21,22). The maximum absolute atomic E-state index is 12.5. The van der Waals surface area contributed by atoms with E-state index in [0.29, 0.717) is 4.75 Å². The van der Waals surface area contributed by atoms with Crippen LogP contribution in [0, 0.1) is 31.6 Å². The van der Waals surface area contributed by atoms with Crippen molar-refractivity contribution >= 4 is 33.3 Å². The summed E-state index contributed by atoms with van der Waals surface area (Å²) in [5, 5.41) is 0.793. The number of hydrogen-bond donors (Lipinski definition) is 1. The second-order valence-corrected chi connectivity index (χ2v) is 11.0. The summed E-state index contributed by atoms with van der Waals surface area (Å²) in [6.45, 7) is 4.10. The highest BCUT2D eigenvalue weighted by atomic mass is 32.2.